The molecule has 0 unspecified atom stereocenters. The molecule has 3 heteroatoms. The number of benzene rings is 1. The number of hydrogen-bond donors (Lipinski definition) is 1. The van der Waals surface area contributed by atoms with Crippen molar-refractivity contribution in [3.63, 3.8) is 0 Å². The average molecular weight is 289 g/mol. The van der Waals surface area contributed by atoms with E-state index in [4.69, 9.17) is 4.74 Å². The zero-order valence-corrected chi connectivity index (χ0v) is 13.3. The van der Waals surface area contributed by atoms with Crippen LogP contribution in [-0.4, -0.2) is 6.54 Å². The molecule has 0 aliphatic heterocycles. The third-order valence-corrected chi connectivity index (χ3v) is 4.36. The highest BCUT2D eigenvalue weighted by Gasteiger charge is 2.02. The minimum absolute atomic E-state index is 0.654. The molecular formula is C17H23NOS. The van der Waals surface area contributed by atoms with E-state index in [-0.39, 0.29) is 0 Å². The number of ether oxygens (including phenoxy) is 1. The van der Waals surface area contributed by atoms with E-state index in [0.717, 1.165) is 18.8 Å². The minimum atomic E-state index is 0.654. The fourth-order valence-corrected chi connectivity index (χ4v) is 2.84. The fourth-order valence-electron chi connectivity index (χ4n) is 1.94. The number of nitrogens with one attached hydrogen (secondary N) is 1. The Bertz CT molecular complexity index is 548. The lowest BCUT2D eigenvalue weighted by Gasteiger charge is -2.07. The van der Waals surface area contributed by atoms with E-state index in [2.05, 4.69) is 50.4 Å². The molecule has 0 radical (unpaired) electrons. The maximum Gasteiger partial charge on any atom is 0.122 e. The number of thiophene rings is 1. The Morgan fingerprint density at radius 2 is 1.85 bits per heavy atom. The molecule has 108 valence electrons. The highest BCUT2D eigenvalue weighted by Crippen LogP contribution is 2.21. The van der Waals surface area contributed by atoms with Gasteiger partial charge in [0.05, 0.1) is 0 Å². The molecule has 20 heavy (non-hydrogen) atoms. The summed E-state index contributed by atoms with van der Waals surface area (Å²) >= 11 is 1.82. The van der Waals surface area contributed by atoms with Crippen LogP contribution in [0.4, 0.5) is 0 Å². The molecule has 2 aromatic rings. The van der Waals surface area contributed by atoms with Gasteiger partial charge in [0, 0.05) is 16.3 Å². The Balaban J connectivity index is 1.85. The summed E-state index contributed by atoms with van der Waals surface area (Å²) in [7, 11) is 0. The van der Waals surface area contributed by atoms with Crippen molar-refractivity contribution in [1.29, 1.82) is 0 Å². The molecule has 1 N–H and O–H groups in total. The highest BCUT2D eigenvalue weighted by molar-refractivity contribution is 7.11. The lowest BCUT2D eigenvalue weighted by molar-refractivity contribution is 0.309. The number of aryl methyl sites for hydroxylation is 2. The summed E-state index contributed by atoms with van der Waals surface area (Å²) in [4.78, 5) is 2.65. The molecule has 2 nitrogen and oxygen atoms in total. The van der Waals surface area contributed by atoms with Crippen molar-refractivity contribution in [1.82, 2.24) is 5.32 Å². The summed E-state index contributed by atoms with van der Waals surface area (Å²) in [5.41, 5.74) is 2.58. The van der Waals surface area contributed by atoms with Crippen LogP contribution in [0.15, 0.2) is 30.3 Å². The van der Waals surface area contributed by atoms with Crippen molar-refractivity contribution in [2.24, 2.45) is 0 Å². The molecule has 1 aromatic carbocycles. The second-order valence-electron chi connectivity index (χ2n) is 5.08. The minimum Gasteiger partial charge on any atom is -0.488 e. The van der Waals surface area contributed by atoms with E-state index < -0.39 is 0 Å². The van der Waals surface area contributed by atoms with E-state index in [1.54, 1.807) is 0 Å². The maximum atomic E-state index is 5.86. The standard InChI is InChI=1S/C17H23NOS/c1-4-9-18-11-16-7-8-17(20-16)12-19-15-6-5-13(2)14(3)10-15/h5-8,10,18H,4,9,11-12H2,1-3H3. The molecule has 0 atom stereocenters. The Morgan fingerprint density at radius 3 is 2.60 bits per heavy atom. The number of rotatable bonds is 7. The van der Waals surface area contributed by atoms with Crippen LogP contribution < -0.4 is 10.1 Å². The molecule has 0 amide bonds. The molecular weight excluding hydrogens is 266 g/mol. The Kier molecular flexibility index (Phi) is 5.62. The molecule has 0 aliphatic carbocycles. The zero-order valence-electron chi connectivity index (χ0n) is 12.5. The van der Waals surface area contributed by atoms with E-state index in [0.29, 0.717) is 6.61 Å². The SMILES string of the molecule is CCCNCc1ccc(COc2ccc(C)c(C)c2)s1. The summed E-state index contributed by atoms with van der Waals surface area (Å²) in [6.45, 7) is 9.11. The molecule has 0 saturated heterocycles. The first kappa shape index (κ1) is 15.1. The maximum absolute atomic E-state index is 5.86. The fraction of sp³-hybridized carbons (Fsp3) is 0.412. The van der Waals surface area contributed by atoms with Gasteiger partial charge in [0.1, 0.15) is 12.4 Å². The lowest BCUT2D eigenvalue weighted by atomic mass is 10.1. The smallest absolute Gasteiger partial charge is 0.122 e. The highest BCUT2D eigenvalue weighted by atomic mass is 32.1. The Labute approximate surface area is 125 Å². The molecule has 0 spiro atoms. The van der Waals surface area contributed by atoms with E-state index in [1.165, 1.54) is 27.3 Å². The van der Waals surface area contributed by atoms with Crippen LogP contribution in [0.2, 0.25) is 0 Å². The Morgan fingerprint density at radius 1 is 1.05 bits per heavy atom. The van der Waals surface area contributed by atoms with Gasteiger partial charge in [-0.15, -0.1) is 11.3 Å². The summed E-state index contributed by atoms with van der Waals surface area (Å²) in [6.07, 6.45) is 1.17. The van der Waals surface area contributed by atoms with Gasteiger partial charge in [-0.05, 0) is 62.2 Å². The first-order valence-corrected chi connectivity index (χ1v) is 7.99. The summed E-state index contributed by atoms with van der Waals surface area (Å²) in [5, 5.41) is 3.42. The van der Waals surface area contributed by atoms with Gasteiger partial charge >= 0.3 is 0 Å². The molecule has 1 heterocycles. The van der Waals surface area contributed by atoms with Crippen molar-refractivity contribution in [3.8, 4) is 5.75 Å². The van der Waals surface area contributed by atoms with Gasteiger partial charge in [0.25, 0.3) is 0 Å². The van der Waals surface area contributed by atoms with Crippen LogP contribution >= 0.6 is 11.3 Å². The van der Waals surface area contributed by atoms with Crippen LogP contribution in [0.5, 0.6) is 5.75 Å². The first-order valence-electron chi connectivity index (χ1n) is 7.17. The van der Waals surface area contributed by atoms with Gasteiger partial charge in [-0.1, -0.05) is 13.0 Å². The first-order chi connectivity index (χ1) is 9.69. The summed E-state index contributed by atoms with van der Waals surface area (Å²) in [6, 6.07) is 10.6. The van der Waals surface area contributed by atoms with Crippen LogP contribution in [-0.2, 0) is 13.2 Å². The topological polar surface area (TPSA) is 21.3 Å². The monoisotopic (exact) mass is 289 g/mol. The van der Waals surface area contributed by atoms with Crippen molar-refractivity contribution in [2.45, 2.75) is 40.3 Å². The van der Waals surface area contributed by atoms with Gasteiger partial charge in [0.15, 0.2) is 0 Å². The van der Waals surface area contributed by atoms with Crippen molar-refractivity contribution in [3.05, 3.63) is 51.2 Å². The van der Waals surface area contributed by atoms with Crippen LogP contribution in [0, 0.1) is 13.8 Å². The second-order valence-corrected chi connectivity index (χ2v) is 6.33. The predicted octanol–water partition coefficient (Wildman–Crippen LogP) is 4.44. The normalized spacial score (nSPS) is 10.8. The van der Waals surface area contributed by atoms with Gasteiger partial charge < -0.3 is 10.1 Å². The molecule has 0 aliphatic rings. The third kappa shape index (κ3) is 4.36. The molecule has 0 fully saturated rings. The van der Waals surface area contributed by atoms with Crippen LogP contribution in [0.3, 0.4) is 0 Å². The van der Waals surface area contributed by atoms with Crippen molar-refractivity contribution < 1.29 is 4.74 Å². The summed E-state index contributed by atoms with van der Waals surface area (Å²) < 4.78 is 5.86. The summed E-state index contributed by atoms with van der Waals surface area (Å²) in [5.74, 6) is 0.951. The predicted molar refractivity (Wildman–Crippen MR) is 86.6 cm³/mol. The molecule has 2 rings (SSSR count). The van der Waals surface area contributed by atoms with Gasteiger partial charge in [-0.2, -0.15) is 0 Å². The molecule has 1 aromatic heterocycles. The van der Waals surface area contributed by atoms with Crippen molar-refractivity contribution >= 4 is 11.3 Å². The largest absolute Gasteiger partial charge is 0.488 e. The van der Waals surface area contributed by atoms with E-state index >= 15 is 0 Å². The Hall–Kier alpha value is -1.32. The van der Waals surface area contributed by atoms with Crippen LogP contribution in [0.1, 0.15) is 34.2 Å². The second kappa shape index (κ2) is 7.46. The zero-order chi connectivity index (χ0) is 14.4. The van der Waals surface area contributed by atoms with E-state index in [1.807, 2.05) is 17.4 Å². The lowest BCUT2D eigenvalue weighted by Crippen LogP contribution is -2.12. The van der Waals surface area contributed by atoms with Gasteiger partial charge in [-0.25, -0.2) is 0 Å². The van der Waals surface area contributed by atoms with Gasteiger partial charge in [-0.3, -0.25) is 0 Å². The van der Waals surface area contributed by atoms with Crippen LogP contribution in [0.25, 0.3) is 0 Å². The molecule has 0 bridgehead atoms. The quantitative estimate of drug-likeness (QED) is 0.761. The van der Waals surface area contributed by atoms with Gasteiger partial charge in [0.2, 0.25) is 0 Å². The molecule has 0 saturated carbocycles. The third-order valence-electron chi connectivity index (χ3n) is 3.30. The van der Waals surface area contributed by atoms with Crippen molar-refractivity contribution in [2.75, 3.05) is 6.54 Å². The average Bonchev–Trinajstić information content (AvgIpc) is 2.88. The number of hydrogen-bond acceptors (Lipinski definition) is 3. The van der Waals surface area contributed by atoms with E-state index in [9.17, 15) is 0 Å².